The summed E-state index contributed by atoms with van der Waals surface area (Å²) in [6, 6.07) is 5.81. The minimum atomic E-state index is 0.571. The lowest BCUT2D eigenvalue weighted by Gasteiger charge is -1.99. The Labute approximate surface area is 77.8 Å². The summed E-state index contributed by atoms with van der Waals surface area (Å²) in [5.74, 6) is 0. The van der Waals surface area contributed by atoms with Crippen molar-refractivity contribution in [2.45, 2.75) is 6.92 Å². The lowest BCUT2D eigenvalue weighted by molar-refractivity contribution is 1.26. The van der Waals surface area contributed by atoms with Gasteiger partial charge in [0.2, 0.25) is 0 Å². The number of aryl methyl sites for hydroxylation is 1. The van der Waals surface area contributed by atoms with Gasteiger partial charge in [-0.25, -0.2) is 0 Å². The van der Waals surface area contributed by atoms with Gasteiger partial charge in [0.1, 0.15) is 0 Å². The molecule has 0 atom stereocenters. The molecule has 1 aromatic rings. The Morgan fingerprint density at radius 2 is 2.25 bits per heavy atom. The Balaban J connectivity index is 2.94. The zero-order valence-electron chi connectivity index (χ0n) is 7.05. The first-order valence-electron chi connectivity index (χ1n) is 3.87. The summed E-state index contributed by atoms with van der Waals surface area (Å²) in [6.45, 7) is 2.60. The van der Waals surface area contributed by atoms with E-state index >= 15 is 0 Å². The maximum atomic E-state index is 5.80. The second-order valence-electron chi connectivity index (χ2n) is 2.64. The van der Waals surface area contributed by atoms with Crippen molar-refractivity contribution in [2.75, 3.05) is 6.54 Å². The molecule has 0 radical (unpaired) electrons. The molecule has 0 aliphatic carbocycles. The zero-order valence-corrected chi connectivity index (χ0v) is 7.81. The van der Waals surface area contributed by atoms with Gasteiger partial charge in [-0.2, -0.15) is 0 Å². The molecule has 0 aliphatic rings. The second kappa shape index (κ2) is 4.29. The summed E-state index contributed by atoms with van der Waals surface area (Å²) in [5, 5.41) is 0.775. The third kappa shape index (κ3) is 2.36. The van der Waals surface area contributed by atoms with Crippen molar-refractivity contribution in [1.29, 1.82) is 0 Å². The van der Waals surface area contributed by atoms with Gasteiger partial charge in [-0.1, -0.05) is 29.8 Å². The van der Waals surface area contributed by atoms with E-state index in [1.54, 1.807) is 0 Å². The summed E-state index contributed by atoms with van der Waals surface area (Å²) in [6.07, 6.45) is 3.93. The van der Waals surface area contributed by atoms with Gasteiger partial charge in [-0.15, -0.1) is 0 Å². The first-order valence-corrected chi connectivity index (χ1v) is 4.24. The van der Waals surface area contributed by atoms with Crippen molar-refractivity contribution >= 4 is 17.7 Å². The van der Waals surface area contributed by atoms with E-state index in [0.717, 1.165) is 5.02 Å². The van der Waals surface area contributed by atoms with Crippen LogP contribution in [0.15, 0.2) is 24.3 Å². The Hall–Kier alpha value is -0.790. The van der Waals surface area contributed by atoms with Crippen LogP contribution < -0.4 is 5.73 Å². The molecule has 0 amide bonds. The van der Waals surface area contributed by atoms with Crippen LogP contribution in [0.3, 0.4) is 0 Å². The topological polar surface area (TPSA) is 26.0 Å². The molecule has 0 aliphatic heterocycles. The van der Waals surface area contributed by atoms with Gasteiger partial charge >= 0.3 is 0 Å². The standard InChI is InChI=1S/C10H12ClN/c1-8-7-10(11)5-4-9(8)3-2-6-12/h2-5,7H,6,12H2,1H3. The normalized spacial score (nSPS) is 10.9. The lowest BCUT2D eigenvalue weighted by Crippen LogP contribution is -1.92. The Morgan fingerprint density at radius 1 is 1.50 bits per heavy atom. The number of hydrogen-bond donors (Lipinski definition) is 1. The smallest absolute Gasteiger partial charge is 0.0409 e. The molecule has 64 valence electrons. The Bertz CT molecular complexity index is 292. The highest BCUT2D eigenvalue weighted by molar-refractivity contribution is 6.30. The summed E-state index contributed by atoms with van der Waals surface area (Å²) in [5.41, 5.74) is 7.69. The average Bonchev–Trinajstić information content (AvgIpc) is 2.03. The molecular formula is C10H12ClN. The van der Waals surface area contributed by atoms with Crippen molar-refractivity contribution in [3.8, 4) is 0 Å². The van der Waals surface area contributed by atoms with Crippen LogP contribution in [0.2, 0.25) is 5.02 Å². The molecule has 0 aromatic heterocycles. The summed E-state index contributed by atoms with van der Waals surface area (Å²) >= 11 is 5.80. The largest absolute Gasteiger partial charge is 0.327 e. The monoisotopic (exact) mass is 181 g/mol. The molecule has 0 saturated carbocycles. The van der Waals surface area contributed by atoms with Gasteiger partial charge < -0.3 is 5.73 Å². The third-order valence-electron chi connectivity index (χ3n) is 1.67. The fourth-order valence-electron chi connectivity index (χ4n) is 1.02. The first-order chi connectivity index (χ1) is 5.74. The van der Waals surface area contributed by atoms with Gasteiger partial charge in [0.15, 0.2) is 0 Å². The summed E-state index contributed by atoms with van der Waals surface area (Å²) in [4.78, 5) is 0. The second-order valence-corrected chi connectivity index (χ2v) is 3.08. The molecule has 12 heavy (non-hydrogen) atoms. The van der Waals surface area contributed by atoms with E-state index in [2.05, 4.69) is 0 Å². The molecule has 1 nitrogen and oxygen atoms in total. The van der Waals surface area contributed by atoms with Crippen molar-refractivity contribution in [3.05, 3.63) is 40.4 Å². The van der Waals surface area contributed by atoms with Gasteiger partial charge in [-0.05, 0) is 30.2 Å². The molecule has 2 N–H and O–H groups in total. The highest BCUT2D eigenvalue weighted by atomic mass is 35.5. The van der Waals surface area contributed by atoms with E-state index in [-0.39, 0.29) is 0 Å². The van der Waals surface area contributed by atoms with Gasteiger partial charge in [0.25, 0.3) is 0 Å². The van der Waals surface area contributed by atoms with Gasteiger partial charge in [0.05, 0.1) is 0 Å². The highest BCUT2D eigenvalue weighted by Gasteiger charge is 1.93. The molecule has 0 heterocycles. The predicted molar refractivity (Wildman–Crippen MR) is 54.3 cm³/mol. The van der Waals surface area contributed by atoms with E-state index in [1.807, 2.05) is 37.3 Å². The molecule has 0 saturated heterocycles. The van der Waals surface area contributed by atoms with Crippen LogP contribution in [0.25, 0.3) is 6.08 Å². The fourth-order valence-corrected chi connectivity index (χ4v) is 1.25. The van der Waals surface area contributed by atoms with Crippen LogP contribution in [0.5, 0.6) is 0 Å². The van der Waals surface area contributed by atoms with Crippen molar-refractivity contribution < 1.29 is 0 Å². The number of hydrogen-bond acceptors (Lipinski definition) is 1. The molecule has 0 spiro atoms. The number of nitrogens with two attached hydrogens (primary N) is 1. The predicted octanol–water partition coefficient (Wildman–Crippen LogP) is 2.62. The van der Waals surface area contributed by atoms with Crippen LogP contribution in [-0.2, 0) is 0 Å². The molecule has 1 rings (SSSR count). The number of rotatable bonds is 2. The Kier molecular flexibility index (Phi) is 3.32. The van der Waals surface area contributed by atoms with E-state index in [4.69, 9.17) is 17.3 Å². The Morgan fingerprint density at radius 3 is 2.83 bits per heavy atom. The van der Waals surface area contributed by atoms with Crippen LogP contribution in [-0.4, -0.2) is 6.54 Å². The zero-order chi connectivity index (χ0) is 8.97. The first kappa shape index (κ1) is 9.30. The SMILES string of the molecule is Cc1cc(Cl)ccc1C=CCN. The summed E-state index contributed by atoms with van der Waals surface area (Å²) in [7, 11) is 0. The maximum Gasteiger partial charge on any atom is 0.0409 e. The minimum Gasteiger partial charge on any atom is -0.327 e. The molecular weight excluding hydrogens is 170 g/mol. The summed E-state index contributed by atoms with van der Waals surface area (Å²) < 4.78 is 0. The minimum absolute atomic E-state index is 0.571. The lowest BCUT2D eigenvalue weighted by atomic mass is 10.1. The molecule has 1 aromatic carbocycles. The van der Waals surface area contributed by atoms with Crippen LogP contribution in [0.1, 0.15) is 11.1 Å². The quantitative estimate of drug-likeness (QED) is 0.746. The van der Waals surface area contributed by atoms with E-state index < -0.39 is 0 Å². The fraction of sp³-hybridized carbons (Fsp3) is 0.200. The van der Waals surface area contributed by atoms with Crippen molar-refractivity contribution in [3.63, 3.8) is 0 Å². The number of halogens is 1. The van der Waals surface area contributed by atoms with Gasteiger partial charge in [0, 0.05) is 11.6 Å². The van der Waals surface area contributed by atoms with Crippen LogP contribution in [0, 0.1) is 6.92 Å². The van der Waals surface area contributed by atoms with Crippen molar-refractivity contribution in [1.82, 2.24) is 0 Å². The number of benzene rings is 1. The molecule has 0 unspecified atom stereocenters. The maximum absolute atomic E-state index is 5.80. The van der Waals surface area contributed by atoms with Crippen LogP contribution in [0.4, 0.5) is 0 Å². The van der Waals surface area contributed by atoms with Gasteiger partial charge in [-0.3, -0.25) is 0 Å². The average molecular weight is 182 g/mol. The van der Waals surface area contributed by atoms with Crippen molar-refractivity contribution in [2.24, 2.45) is 5.73 Å². The van der Waals surface area contributed by atoms with E-state index in [9.17, 15) is 0 Å². The third-order valence-corrected chi connectivity index (χ3v) is 1.90. The van der Waals surface area contributed by atoms with E-state index in [0.29, 0.717) is 6.54 Å². The molecule has 0 bridgehead atoms. The molecule has 2 heteroatoms. The highest BCUT2D eigenvalue weighted by Crippen LogP contribution is 2.15. The molecule has 0 fully saturated rings. The van der Waals surface area contributed by atoms with Crippen LogP contribution >= 0.6 is 11.6 Å². The van der Waals surface area contributed by atoms with E-state index in [1.165, 1.54) is 11.1 Å².